The number of carbonyl (C=O) groups is 1. The van der Waals surface area contributed by atoms with Crippen LogP contribution in [0.1, 0.15) is 36.1 Å². The Kier molecular flexibility index (Phi) is 5.97. The number of nitrogens with zero attached hydrogens (tertiary/aromatic N) is 2. The molecule has 3 rings (SSSR count). The molecule has 0 saturated carbocycles. The summed E-state index contributed by atoms with van der Waals surface area (Å²) in [5, 5.41) is 3.11. The normalized spacial score (nSPS) is 13.2. The SMILES string of the molecule is CC(C)C(NC(=O)c1cc(S(=O)(=O)N(C)C)ccc1Cl)c1nc2ccccc2[nH]1. The van der Waals surface area contributed by atoms with Crippen LogP contribution in [0.15, 0.2) is 47.4 Å². The third-order valence-corrected chi connectivity index (χ3v) is 6.76. The number of aromatic amines is 1. The van der Waals surface area contributed by atoms with Gasteiger partial charge in [-0.15, -0.1) is 0 Å². The minimum absolute atomic E-state index is 0.00174. The fraction of sp³-hybridized carbons (Fsp3) is 0.300. The van der Waals surface area contributed by atoms with Crippen molar-refractivity contribution in [2.45, 2.75) is 24.8 Å². The van der Waals surface area contributed by atoms with E-state index in [1.807, 2.05) is 38.1 Å². The number of benzene rings is 2. The molecule has 0 saturated heterocycles. The zero-order valence-corrected chi connectivity index (χ0v) is 18.2. The van der Waals surface area contributed by atoms with Gasteiger partial charge in [-0.2, -0.15) is 0 Å². The van der Waals surface area contributed by atoms with Crippen LogP contribution in [0.4, 0.5) is 0 Å². The van der Waals surface area contributed by atoms with E-state index in [0.717, 1.165) is 15.3 Å². The Hall–Kier alpha value is -2.42. The lowest BCUT2D eigenvalue weighted by Gasteiger charge is -2.21. The molecule has 7 nitrogen and oxygen atoms in total. The molecule has 154 valence electrons. The molecule has 0 fully saturated rings. The minimum atomic E-state index is -3.69. The fourth-order valence-corrected chi connectivity index (χ4v) is 4.07. The van der Waals surface area contributed by atoms with Crippen molar-refractivity contribution in [3.63, 3.8) is 0 Å². The van der Waals surface area contributed by atoms with Crippen LogP contribution >= 0.6 is 11.6 Å². The highest BCUT2D eigenvalue weighted by atomic mass is 35.5. The summed E-state index contributed by atoms with van der Waals surface area (Å²) in [6.07, 6.45) is 0. The van der Waals surface area contributed by atoms with Gasteiger partial charge in [-0.3, -0.25) is 4.79 Å². The smallest absolute Gasteiger partial charge is 0.253 e. The largest absolute Gasteiger partial charge is 0.342 e. The number of hydrogen-bond donors (Lipinski definition) is 2. The third-order valence-electron chi connectivity index (χ3n) is 4.62. The first-order chi connectivity index (χ1) is 13.6. The second-order valence-electron chi connectivity index (χ2n) is 7.26. The number of H-pyrrole nitrogens is 1. The number of sulfonamides is 1. The van der Waals surface area contributed by atoms with Crippen molar-refractivity contribution in [3.05, 3.63) is 58.9 Å². The fourth-order valence-electron chi connectivity index (χ4n) is 2.94. The van der Waals surface area contributed by atoms with Gasteiger partial charge in [-0.1, -0.05) is 37.6 Å². The lowest BCUT2D eigenvalue weighted by Crippen LogP contribution is -2.33. The first kappa shape index (κ1) is 21.3. The third kappa shape index (κ3) is 4.29. The van der Waals surface area contributed by atoms with Crippen LogP contribution in [-0.2, 0) is 10.0 Å². The van der Waals surface area contributed by atoms with E-state index < -0.39 is 22.0 Å². The molecule has 1 unspecified atom stereocenters. The Bertz CT molecular complexity index is 1120. The summed E-state index contributed by atoms with van der Waals surface area (Å²) in [5.41, 5.74) is 1.77. The molecule has 1 heterocycles. The predicted molar refractivity (Wildman–Crippen MR) is 113 cm³/mol. The molecule has 3 aromatic rings. The van der Waals surface area contributed by atoms with Crippen LogP contribution in [0.2, 0.25) is 5.02 Å². The van der Waals surface area contributed by atoms with Crippen LogP contribution in [0.5, 0.6) is 0 Å². The van der Waals surface area contributed by atoms with Crippen molar-refractivity contribution in [1.29, 1.82) is 0 Å². The van der Waals surface area contributed by atoms with E-state index >= 15 is 0 Å². The summed E-state index contributed by atoms with van der Waals surface area (Å²) in [6.45, 7) is 3.93. The number of fused-ring (bicyclic) bond motifs is 1. The molecule has 1 amide bonds. The Labute approximate surface area is 175 Å². The molecular formula is C20H23ClN4O3S. The van der Waals surface area contributed by atoms with Crippen molar-refractivity contribution in [2.24, 2.45) is 5.92 Å². The molecular weight excluding hydrogens is 412 g/mol. The first-order valence-corrected chi connectivity index (χ1v) is 10.9. The highest BCUT2D eigenvalue weighted by Crippen LogP contribution is 2.26. The number of amides is 1. The van der Waals surface area contributed by atoms with Crippen molar-refractivity contribution in [1.82, 2.24) is 19.6 Å². The molecule has 9 heteroatoms. The lowest BCUT2D eigenvalue weighted by atomic mass is 10.0. The van der Waals surface area contributed by atoms with Gasteiger partial charge >= 0.3 is 0 Å². The van der Waals surface area contributed by atoms with Crippen molar-refractivity contribution >= 4 is 38.6 Å². The molecule has 29 heavy (non-hydrogen) atoms. The van der Waals surface area contributed by atoms with E-state index in [1.54, 1.807) is 0 Å². The maximum absolute atomic E-state index is 13.0. The van der Waals surface area contributed by atoms with Crippen LogP contribution in [0.3, 0.4) is 0 Å². The van der Waals surface area contributed by atoms with E-state index in [-0.39, 0.29) is 21.4 Å². The second kappa shape index (κ2) is 8.14. The summed E-state index contributed by atoms with van der Waals surface area (Å²) in [7, 11) is -0.827. The number of para-hydroxylation sites is 2. The van der Waals surface area contributed by atoms with E-state index in [9.17, 15) is 13.2 Å². The van der Waals surface area contributed by atoms with Crippen molar-refractivity contribution < 1.29 is 13.2 Å². The van der Waals surface area contributed by atoms with Crippen LogP contribution in [-0.4, -0.2) is 42.7 Å². The average molecular weight is 435 g/mol. The standard InChI is InChI=1S/C20H23ClN4O3S/c1-12(2)18(19-22-16-7-5-6-8-17(16)23-19)24-20(26)14-11-13(9-10-15(14)21)29(27,28)25(3)4/h5-12,18H,1-4H3,(H,22,23)(H,24,26). The van der Waals surface area contributed by atoms with Gasteiger partial charge in [0.2, 0.25) is 10.0 Å². The molecule has 0 spiro atoms. The van der Waals surface area contributed by atoms with E-state index in [2.05, 4.69) is 15.3 Å². The van der Waals surface area contributed by atoms with Gasteiger partial charge in [-0.25, -0.2) is 17.7 Å². The number of imidazole rings is 1. The number of rotatable bonds is 6. The van der Waals surface area contributed by atoms with Gasteiger partial charge in [0.15, 0.2) is 0 Å². The number of nitrogens with one attached hydrogen (secondary N) is 2. The van der Waals surface area contributed by atoms with Gasteiger partial charge in [-0.05, 0) is 36.2 Å². The number of hydrogen-bond acceptors (Lipinski definition) is 4. The topological polar surface area (TPSA) is 95.2 Å². The Morgan fingerprint density at radius 1 is 1.17 bits per heavy atom. The summed E-state index contributed by atoms with van der Waals surface area (Å²) in [4.78, 5) is 20.8. The van der Waals surface area contributed by atoms with Crippen molar-refractivity contribution in [3.8, 4) is 0 Å². The number of carbonyl (C=O) groups excluding carboxylic acids is 1. The van der Waals surface area contributed by atoms with Crippen LogP contribution in [0.25, 0.3) is 11.0 Å². The van der Waals surface area contributed by atoms with Gasteiger partial charge in [0.25, 0.3) is 5.91 Å². The lowest BCUT2D eigenvalue weighted by molar-refractivity contribution is 0.0923. The van der Waals surface area contributed by atoms with Gasteiger partial charge in [0, 0.05) is 14.1 Å². The Morgan fingerprint density at radius 2 is 1.86 bits per heavy atom. The maximum Gasteiger partial charge on any atom is 0.253 e. The van der Waals surface area contributed by atoms with E-state index in [4.69, 9.17) is 11.6 Å². The minimum Gasteiger partial charge on any atom is -0.342 e. The van der Waals surface area contributed by atoms with Gasteiger partial charge < -0.3 is 10.3 Å². The monoisotopic (exact) mass is 434 g/mol. The molecule has 2 N–H and O–H groups in total. The number of halogens is 1. The number of aromatic nitrogens is 2. The Morgan fingerprint density at radius 3 is 2.48 bits per heavy atom. The van der Waals surface area contributed by atoms with Crippen LogP contribution in [0, 0.1) is 5.92 Å². The molecule has 2 aromatic carbocycles. The highest BCUT2D eigenvalue weighted by molar-refractivity contribution is 7.89. The van der Waals surface area contributed by atoms with Crippen LogP contribution < -0.4 is 5.32 Å². The molecule has 0 aliphatic heterocycles. The van der Waals surface area contributed by atoms with Gasteiger partial charge in [0.05, 0.1) is 32.6 Å². The highest BCUT2D eigenvalue weighted by Gasteiger charge is 2.25. The zero-order chi connectivity index (χ0) is 21.3. The molecule has 0 aliphatic rings. The maximum atomic E-state index is 13.0. The predicted octanol–water partition coefficient (Wildman–Crippen LogP) is 3.59. The van der Waals surface area contributed by atoms with Gasteiger partial charge in [0.1, 0.15) is 5.82 Å². The van der Waals surface area contributed by atoms with E-state index in [1.165, 1.54) is 32.3 Å². The molecule has 1 atom stereocenters. The summed E-state index contributed by atoms with van der Waals surface area (Å²) in [5.74, 6) is 0.194. The van der Waals surface area contributed by atoms with Crippen molar-refractivity contribution in [2.75, 3.05) is 14.1 Å². The first-order valence-electron chi connectivity index (χ1n) is 9.09. The van der Waals surface area contributed by atoms with E-state index in [0.29, 0.717) is 5.82 Å². The average Bonchev–Trinajstić information content (AvgIpc) is 3.09. The summed E-state index contributed by atoms with van der Waals surface area (Å²) in [6, 6.07) is 11.3. The molecule has 0 bridgehead atoms. The Balaban J connectivity index is 1.95. The molecule has 0 radical (unpaired) electrons. The zero-order valence-electron chi connectivity index (χ0n) is 16.6. The summed E-state index contributed by atoms with van der Waals surface area (Å²) >= 11 is 6.20. The second-order valence-corrected chi connectivity index (χ2v) is 9.82. The molecule has 0 aliphatic carbocycles. The quantitative estimate of drug-likeness (QED) is 0.619. The molecule has 1 aromatic heterocycles. The summed E-state index contributed by atoms with van der Waals surface area (Å²) < 4.78 is 25.9.